The minimum Gasteiger partial charge on any atom is -0.475 e. The summed E-state index contributed by atoms with van der Waals surface area (Å²) in [5.74, 6) is -3.38. The number of oxazole rings is 1. The van der Waals surface area contributed by atoms with Crippen LogP contribution in [-0.4, -0.2) is 16.1 Å². The van der Waals surface area contributed by atoms with E-state index in [0.717, 1.165) is 5.56 Å². The van der Waals surface area contributed by atoms with E-state index in [1.165, 1.54) is 6.07 Å². The number of nitrogens with zero attached hydrogens (tertiary/aromatic N) is 1. The third-order valence-electron chi connectivity index (χ3n) is 2.35. The van der Waals surface area contributed by atoms with E-state index in [2.05, 4.69) is 4.98 Å². The second-order valence-corrected chi connectivity index (χ2v) is 3.87. The summed E-state index contributed by atoms with van der Waals surface area (Å²) >= 11 is 0. The van der Waals surface area contributed by atoms with Crippen molar-refractivity contribution in [1.82, 2.24) is 4.98 Å². The summed E-state index contributed by atoms with van der Waals surface area (Å²) in [6, 6.07) is 6.40. The molecular formula is C12H8F3NO3. The van der Waals surface area contributed by atoms with Crippen molar-refractivity contribution in [1.29, 1.82) is 0 Å². The van der Waals surface area contributed by atoms with Crippen LogP contribution in [0.5, 0.6) is 0 Å². The van der Waals surface area contributed by atoms with Gasteiger partial charge in [-0.3, -0.25) is 0 Å². The van der Waals surface area contributed by atoms with Crippen LogP contribution in [0.3, 0.4) is 0 Å². The molecule has 0 saturated carbocycles. The average molecular weight is 271 g/mol. The highest BCUT2D eigenvalue weighted by atomic mass is 19.4. The Bertz CT molecular complexity index is 631. The molecule has 0 saturated heterocycles. The molecule has 0 atom stereocenters. The van der Waals surface area contributed by atoms with E-state index < -0.39 is 23.6 Å². The van der Waals surface area contributed by atoms with Crippen molar-refractivity contribution in [3.63, 3.8) is 0 Å². The molecule has 0 radical (unpaired) electrons. The number of alkyl halides is 3. The monoisotopic (exact) mass is 271 g/mol. The van der Waals surface area contributed by atoms with Crippen LogP contribution in [0, 0.1) is 6.92 Å². The number of benzene rings is 1. The molecule has 7 heteroatoms. The second kappa shape index (κ2) is 4.42. The van der Waals surface area contributed by atoms with Gasteiger partial charge < -0.3 is 9.52 Å². The highest BCUT2D eigenvalue weighted by molar-refractivity contribution is 5.86. The molecule has 1 aromatic carbocycles. The molecule has 2 aromatic rings. The largest absolute Gasteiger partial charge is 0.475 e. The quantitative estimate of drug-likeness (QED) is 0.909. The maximum atomic E-state index is 12.6. The van der Waals surface area contributed by atoms with E-state index in [9.17, 15) is 18.0 Å². The minimum atomic E-state index is -4.88. The van der Waals surface area contributed by atoms with Crippen molar-refractivity contribution in [3.8, 4) is 11.5 Å². The number of carbonyl (C=O) groups is 1. The third kappa shape index (κ3) is 2.59. The zero-order valence-corrected chi connectivity index (χ0v) is 9.65. The number of hydrogen-bond acceptors (Lipinski definition) is 3. The van der Waals surface area contributed by atoms with Gasteiger partial charge in [0.05, 0.1) is 0 Å². The van der Waals surface area contributed by atoms with Gasteiger partial charge in [0.1, 0.15) is 0 Å². The molecule has 0 aliphatic rings. The summed E-state index contributed by atoms with van der Waals surface area (Å²) in [6.45, 7) is 1.75. The number of rotatable bonds is 2. The Morgan fingerprint density at radius 2 is 2.05 bits per heavy atom. The summed E-state index contributed by atoms with van der Waals surface area (Å²) < 4.78 is 42.6. The second-order valence-electron chi connectivity index (χ2n) is 3.87. The zero-order valence-electron chi connectivity index (χ0n) is 9.65. The first-order chi connectivity index (χ1) is 8.79. The van der Waals surface area contributed by atoms with Crippen LogP contribution in [0.1, 0.15) is 21.8 Å². The summed E-state index contributed by atoms with van der Waals surface area (Å²) in [5.41, 5.74) is -0.448. The maximum Gasteiger partial charge on any atom is 0.437 e. The fourth-order valence-electron chi connectivity index (χ4n) is 1.56. The lowest BCUT2D eigenvalue weighted by Gasteiger charge is -2.00. The Hall–Kier alpha value is -2.31. The highest BCUT2D eigenvalue weighted by Crippen LogP contribution is 2.34. The van der Waals surface area contributed by atoms with Crippen LogP contribution < -0.4 is 0 Å². The van der Waals surface area contributed by atoms with Gasteiger partial charge in [0.15, 0.2) is 5.69 Å². The molecule has 4 nitrogen and oxygen atoms in total. The maximum absolute atomic E-state index is 12.6. The SMILES string of the molecule is Cc1cccc(-c2nc(C(F)(F)F)c(C(=O)O)o2)c1. The molecule has 0 aliphatic carbocycles. The predicted octanol–water partition coefficient (Wildman–Crippen LogP) is 3.37. The van der Waals surface area contributed by atoms with E-state index in [0.29, 0.717) is 0 Å². The fourth-order valence-corrected chi connectivity index (χ4v) is 1.56. The Labute approximate surface area is 105 Å². The Morgan fingerprint density at radius 3 is 2.53 bits per heavy atom. The number of hydrogen-bond donors (Lipinski definition) is 1. The van der Waals surface area contributed by atoms with Crippen molar-refractivity contribution in [3.05, 3.63) is 41.3 Å². The summed E-state index contributed by atoms with van der Waals surface area (Å²) in [6.07, 6.45) is -4.88. The lowest BCUT2D eigenvalue weighted by molar-refractivity contribution is -0.141. The number of carboxylic acids is 1. The van der Waals surface area contributed by atoms with Crippen molar-refractivity contribution in [2.45, 2.75) is 13.1 Å². The van der Waals surface area contributed by atoms with Crippen molar-refractivity contribution in [2.75, 3.05) is 0 Å². The minimum absolute atomic E-state index is 0.290. The van der Waals surface area contributed by atoms with Crippen LogP contribution >= 0.6 is 0 Å². The lowest BCUT2D eigenvalue weighted by atomic mass is 10.1. The van der Waals surface area contributed by atoms with Gasteiger partial charge in [0, 0.05) is 5.56 Å². The molecule has 0 unspecified atom stereocenters. The number of aryl methyl sites for hydroxylation is 1. The van der Waals surface area contributed by atoms with E-state index in [1.807, 2.05) is 0 Å². The fraction of sp³-hybridized carbons (Fsp3) is 0.167. The Kier molecular flexibility index (Phi) is 3.05. The van der Waals surface area contributed by atoms with Gasteiger partial charge in [-0.15, -0.1) is 0 Å². The van der Waals surface area contributed by atoms with Crippen molar-refractivity contribution >= 4 is 5.97 Å². The third-order valence-corrected chi connectivity index (χ3v) is 2.35. The summed E-state index contributed by atoms with van der Waals surface area (Å²) in [5, 5.41) is 8.71. The Morgan fingerprint density at radius 1 is 1.37 bits per heavy atom. The van der Waals surface area contributed by atoms with Crippen LogP contribution in [0.25, 0.3) is 11.5 Å². The van der Waals surface area contributed by atoms with E-state index >= 15 is 0 Å². The van der Waals surface area contributed by atoms with E-state index in [1.54, 1.807) is 25.1 Å². The first kappa shape index (κ1) is 13.1. The molecule has 100 valence electrons. The lowest BCUT2D eigenvalue weighted by Crippen LogP contribution is -2.11. The van der Waals surface area contributed by atoms with Crippen LogP contribution in [0.2, 0.25) is 0 Å². The van der Waals surface area contributed by atoms with Gasteiger partial charge in [0.25, 0.3) is 0 Å². The molecule has 0 bridgehead atoms. The number of aromatic nitrogens is 1. The van der Waals surface area contributed by atoms with E-state index in [-0.39, 0.29) is 11.5 Å². The molecular weight excluding hydrogens is 263 g/mol. The molecule has 2 rings (SSSR count). The molecule has 1 aromatic heterocycles. The average Bonchev–Trinajstić information content (AvgIpc) is 2.73. The topological polar surface area (TPSA) is 63.3 Å². The molecule has 0 aliphatic heterocycles. The highest BCUT2D eigenvalue weighted by Gasteiger charge is 2.41. The summed E-state index contributed by atoms with van der Waals surface area (Å²) in [7, 11) is 0. The number of halogens is 3. The standard InChI is InChI=1S/C12H8F3NO3/c1-6-3-2-4-7(5-6)10-16-9(12(13,14)15)8(19-10)11(17)18/h2-5H,1H3,(H,17,18). The van der Waals surface area contributed by atoms with Gasteiger partial charge in [0.2, 0.25) is 11.7 Å². The normalized spacial score (nSPS) is 11.6. The molecule has 0 fully saturated rings. The van der Waals surface area contributed by atoms with Crippen LogP contribution in [0.4, 0.5) is 13.2 Å². The van der Waals surface area contributed by atoms with Crippen molar-refractivity contribution in [2.24, 2.45) is 0 Å². The van der Waals surface area contributed by atoms with Gasteiger partial charge in [-0.05, 0) is 19.1 Å². The van der Waals surface area contributed by atoms with E-state index in [4.69, 9.17) is 9.52 Å². The van der Waals surface area contributed by atoms with Crippen LogP contribution in [-0.2, 0) is 6.18 Å². The molecule has 0 amide bonds. The van der Waals surface area contributed by atoms with Gasteiger partial charge >= 0.3 is 12.1 Å². The smallest absolute Gasteiger partial charge is 0.437 e. The molecule has 1 N–H and O–H groups in total. The predicted molar refractivity (Wildman–Crippen MR) is 58.6 cm³/mol. The molecule has 19 heavy (non-hydrogen) atoms. The Balaban J connectivity index is 2.58. The molecule has 1 heterocycles. The van der Waals surface area contributed by atoms with Crippen LogP contribution in [0.15, 0.2) is 28.7 Å². The van der Waals surface area contributed by atoms with Gasteiger partial charge in [-0.25, -0.2) is 9.78 Å². The molecule has 0 spiro atoms. The van der Waals surface area contributed by atoms with Gasteiger partial charge in [-0.2, -0.15) is 13.2 Å². The number of carboxylic acid groups (broad SMARTS) is 1. The number of aromatic carboxylic acids is 1. The van der Waals surface area contributed by atoms with Crippen molar-refractivity contribution < 1.29 is 27.5 Å². The summed E-state index contributed by atoms with van der Waals surface area (Å²) in [4.78, 5) is 14.0. The first-order valence-electron chi connectivity index (χ1n) is 5.17. The zero-order chi connectivity index (χ0) is 14.2. The van der Waals surface area contributed by atoms with Gasteiger partial charge in [-0.1, -0.05) is 17.7 Å². The first-order valence-corrected chi connectivity index (χ1v) is 5.17.